The second-order valence-electron chi connectivity index (χ2n) is 20.6. The molecule has 0 rings (SSSR count). The molecule has 69 heavy (non-hydrogen) atoms. The van der Waals surface area contributed by atoms with Gasteiger partial charge in [-0.3, -0.25) is 14.4 Å². The van der Waals surface area contributed by atoms with Gasteiger partial charge in [0.15, 0.2) is 6.10 Å². The van der Waals surface area contributed by atoms with E-state index in [2.05, 4.69) is 57.2 Å². The molecule has 0 radical (unpaired) electrons. The molecule has 6 heteroatoms. The second kappa shape index (κ2) is 58.2. The summed E-state index contributed by atoms with van der Waals surface area (Å²) >= 11 is 0. The summed E-state index contributed by atoms with van der Waals surface area (Å²) in [6, 6.07) is 0. The smallest absolute Gasteiger partial charge is 0.306 e. The Labute approximate surface area is 429 Å². The van der Waals surface area contributed by atoms with E-state index >= 15 is 0 Å². The van der Waals surface area contributed by atoms with E-state index in [1.165, 1.54) is 218 Å². The topological polar surface area (TPSA) is 78.9 Å². The van der Waals surface area contributed by atoms with Crippen molar-refractivity contribution in [2.24, 2.45) is 0 Å². The normalized spacial score (nSPS) is 12.2. The van der Waals surface area contributed by atoms with Crippen LogP contribution in [0.4, 0.5) is 0 Å². The lowest BCUT2D eigenvalue weighted by Gasteiger charge is -2.18. The average Bonchev–Trinajstić information content (AvgIpc) is 3.35. The van der Waals surface area contributed by atoms with Gasteiger partial charge in [-0.1, -0.05) is 250 Å². The van der Waals surface area contributed by atoms with E-state index in [0.29, 0.717) is 19.3 Å². The summed E-state index contributed by atoms with van der Waals surface area (Å²) in [5.41, 5.74) is 0. The molecule has 0 aromatic rings. The van der Waals surface area contributed by atoms with Crippen molar-refractivity contribution in [2.75, 3.05) is 13.2 Å². The fourth-order valence-electron chi connectivity index (χ4n) is 8.96. The zero-order chi connectivity index (χ0) is 50.0. The van der Waals surface area contributed by atoms with Gasteiger partial charge in [-0.2, -0.15) is 0 Å². The van der Waals surface area contributed by atoms with Crippen LogP contribution in [0.5, 0.6) is 0 Å². The Morgan fingerprint density at radius 1 is 0.275 bits per heavy atom. The van der Waals surface area contributed by atoms with Crippen LogP contribution in [-0.4, -0.2) is 37.2 Å². The number of esters is 3. The van der Waals surface area contributed by atoms with Gasteiger partial charge in [-0.15, -0.1) is 0 Å². The number of allylic oxidation sites excluding steroid dienone is 6. The first kappa shape index (κ1) is 66.6. The van der Waals surface area contributed by atoms with Gasteiger partial charge in [0.2, 0.25) is 0 Å². The molecule has 0 amide bonds. The Bertz CT molecular complexity index is 1160. The molecule has 0 N–H and O–H groups in total. The fourth-order valence-corrected chi connectivity index (χ4v) is 8.96. The summed E-state index contributed by atoms with van der Waals surface area (Å²) in [5.74, 6) is -0.878. The summed E-state index contributed by atoms with van der Waals surface area (Å²) in [7, 11) is 0. The van der Waals surface area contributed by atoms with Gasteiger partial charge >= 0.3 is 17.9 Å². The molecule has 1 unspecified atom stereocenters. The molecule has 0 fully saturated rings. The highest BCUT2D eigenvalue weighted by Crippen LogP contribution is 2.16. The second-order valence-corrected chi connectivity index (χ2v) is 20.6. The van der Waals surface area contributed by atoms with Crippen LogP contribution in [0.15, 0.2) is 36.5 Å². The third-order valence-electron chi connectivity index (χ3n) is 13.6. The molecular formula is C63H116O6. The summed E-state index contributed by atoms with van der Waals surface area (Å²) in [6.45, 7) is 6.66. The molecular weight excluding hydrogens is 853 g/mol. The van der Waals surface area contributed by atoms with Gasteiger partial charge in [0, 0.05) is 19.3 Å². The van der Waals surface area contributed by atoms with Crippen molar-refractivity contribution < 1.29 is 28.6 Å². The van der Waals surface area contributed by atoms with Gasteiger partial charge in [0.05, 0.1) is 0 Å². The van der Waals surface area contributed by atoms with Crippen LogP contribution in [0.3, 0.4) is 0 Å². The van der Waals surface area contributed by atoms with Crippen molar-refractivity contribution in [3.63, 3.8) is 0 Å². The fraction of sp³-hybridized carbons (Fsp3) is 0.857. The minimum atomic E-state index is -0.779. The lowest BCUT2D eigenvalue weighted by molar-refractivity contribution is -0.167. The lowest BCUT2D eigenvalue weighted by atomic mass is 10.1. The minimum absolute atomic E-state index is 0.0767. The Morgan fingerprint density at radius 3 is 0.725 bits per heavy atom. The first-order chi connectivity index (χ1) is 34.0. The highest BCUT2D eigenvalue weighted by atomic mass is 16.6. The molecule has 0 aliphatic carbocycles. The lowest BCUT2D eigenvalue weighted by Crippen LogP contribution is -2.30. The molecule has 6 nitrogen and oxygen atoms in total. The van der Waals surface area contributed by atoms with E-state index in [1.54, 1.807) is 0 Å². The van der Waals surface area contributed by atoms with Crippen LogP contribution in [0.25, 0.3) is 0 Å². The van der Waals surface area contributed by atoms with Gasteiger partial charge in [0.1, 0.15) is 13.2 Å². The van der Waals surface area contributed by atoms with E-state index in [-0.39, 0.29) is 31.1 Å². The number of carbonyl (C=O) groups excluding carboxylic acids is 3. The largest absolute Gasteiger partial charge is 0.462 e. The maximum absolute atomic E-state index is 12.9. The number of ether oxygens (including phenoxy) is 3. The summed E-state index contributed by atoms with van der Waals surface area (Å²) < 4.78 is 16.9. The monoisotopic (exact) mass is 969 g/mol. The Kier molecular flexibility index (Phi) is 56.2. The molecule has 0 heterocycles. The highest BCUT2D eigenvalue weighted by molar-refractivity contribution is 5.71. The van der Waals surface area contributed by atoms with Crippen LogP contribution < -0.4 is 0 Å². The molecule has 0 saturated carbocycles. The minimum Gasteiger partial charge on any atom is -0.462 e. The van der Waals surface area contributed by atoms with Gasteiger partial charge < -0.3 is 14.2 Å². The molecule has 0 aromatic heterocycles. The predicted molar refractivity (Wildman–Crippen MR) is 298 cm³/mol. The highest BCUT2D eigenvalue weighted by Gasteiger charge is 2.19. The number of hydrogen-bond donors (Lipinski definition) is 0. The Morgan fingerprint density at radius 2 is 0.478 bits per heavy atom. The van der Waals surface area contributed by atoms with Crippen LogP contribution in [-0.2, 0) is 28.6 Å². The summed E-state index contributed by atoms with van der Waals surface area (Å²) in [4.78, 5) is 38.2. The van der Waals surface area contributed by atoms with Crippen LogP contribution in [0.1, 0.15) is 329 Å². The summed E-state index contributed by atoms with van der Waals surface area (Å²) in [6.07, 6.45) is 70.0. The number of unbranched alkanes of at least 4 members (excludes halogenated alkanes) is 39. The first-order valence-corrected chi connectivity index (χ1v) is 30.5. The van der Waals surface area contributed by atoms with Crippen LogP contribution >= 0.6 is 0 Å². The quantitative estimate of drug-likeness (QED) is 0.0261. The Hall–Kier alpha value is -2.37. The first-order valence-electron chi connectivity index (χ1n) is 30.5. The predicted octanol–water partition coefficient (Wildman–Crippen LogP) is 20.4. The summed E-state index contributed by atoms with van der Waals surface area (Å²) in [5, 5.41) is 0. The van der Waals surface area contributed by atoms with E-state index in [1.807, 2.05) is 0 Å². The van der Waals surface area contributed by atoms with Crippen molar-refractivity contribution >= 4 is 17.9 Å². The van der Waals surface area contributed by atoms with E-state index < -0.39 is 6.10 Å². The number of hydrogen-bond acceptors (Lipinski definition) is 6. The molecule has 0 aliphatic heterocycles. The van der Waals surface area contributed by atoms with Crippen molar-refractivity contribution in [1.29, 1.82) is 0 Å². The third kappa shape index (κ3) is 56.4. The molecule has 0 saturated heterocycles. The molecule has 0 bridgehead atoms. The van der Waals surface area contributed by atoms with Crippen molar-refractivity contribution in [1.82, 2.24) is 0 Å². The van der Waals surface area contributed by atoms with E-state index in [9.17, 15) is 14.4 Å². The van der Waals surface area contributed by atoms with Crippen molar-refractivity contribution in [3.8, 4) is 0 Å². The zero-order valence-corrected chi connectivity index (χ0v) is 46.3. The average molecular weight is 970 g/mol. The van der Waals surface area contributed by atoms with Crippen molar-refractivity contribution in [2.45, 2.75) is 335 Å². The van der Waals surface area contributed by atoms with Crippen molar-refractivity contribution in [3.05, 3.63) is 36.5 Å². The molecule has 1 atom stereocenters. The van der Waals surface area contributed by atoms with Gasteiger partial charge in [-0.05, 0) is 96.3 Å². The molecule has 404 valence electrons. The standard InChI is InChI=1S/C63H116O6/c1-4-7-10-13-16-19-22-25-28-30-31-32-33-34-36-38-41-44-47-50-53-56-62(65)68-59-60(58-67-61(64)55-52-49-46-43-40-37-27-24-21-18-15-12-9-6-3)69-63(66)57-54-51-48-45-42-39-35-29-26-23-20-17-14-11-8-5-2/h24,27,29-31,35,60H,4-23,25-26,28,32-34,36-59H2,1-3H3/b27-24-,31-30-,35-29-. The zero-order valence-electron chi connectivity index (χ0n) is 46.3. The molecule has 0 spiro atoms. The van der Waals surface area contributed by atoms with Gasteiger partial charge in [0.25, 0.3) is 0 Å². The van der Waals surface area contributed by atoms with Crippen LogP contribution in [0.2, 0.25) is 0 Å². The molecule has 0 aromatic carbocycles. The van der Waals surface area contributed by atoms with E-state index in [0.717, 1.165) is 70.6 Å². The number of carbonyl (C=O) groups is 3. The van der Waals surface area contributed by atoms with E-state index in [4.69, 9.17) is 14.2 Å². The Balaban J connectivity index is 4.33. The maximum Gasteiger partial charge on any atom is 0.306 e. The number of rotatable bonds is 56. The van der Waals surface area contributed by atoms with Gasteiger partial charge in [-0.25, -0.2) is 0 Å². The molecule has 0 aliphatic rings. The maximum atomic E-state index is 12.9. The van der Waals surface area contributed by atoms with Crippen LogP contribution in [0, 0.1) is 0 Å². The third-order valence-corrected chi connectivity index (χ3v) is 13.6. The SMILES string of the molecule is CCCCCCC/C=C\CCCCCCCC(=O)OCC(COC(=O)CCCCCCCCCCC/C=C\CCCCCCCCCC)OC(=O)CCCCCCC/C=C\CCCCCCCCC.